The summed E-state index contributed by atoms with van der Waals surface area (Å²) in [5.74, 6) is 0. The second kappa shape index (κ2) is 2.67. The van der Waals surface area contributed by atoms with Gasteiger partial charge in [0.15, 0.2) is 0 Å². The van der Waals surface area contributed by atoms with Crippen LogP contribution in [0, 0.1) is 0 Å². The molecule has 0 N–H and O–H groups in total. The smallest absolute Gasteiger partial charge is 0.147 e. The number of hydrogen-bond acceptors (Lipinski definition) is 2. The predicted octanol–water partition coefficient (Wildman–Crippen LogP) is 1.55. The lowest BCUT2D eigenvalue weighted by atomic mass is 10.4. The first-order valence-electron chi connectivity index (χ1n) is 3.48. The minimum absolute atomic E-state index is 0.176. The van der Waals surface area contributed by atoms with Crippen LogP contribution in [0.1, 0.15) is 26.7 Å². The molecule has 1 rings (SSSR count). The first kappa shape index (κ1) is 7.03. The maximum atomic E-state index is 5.36. The molecule has 1 aliphatic carbocycles. The molecule has 0 bridgehead atoms. The van der Waals surface area contributed by atoms with E-state index in [1.165, 1.54) is 12.8 Å². The molecule has 1 aliphatic rings. The standard InChI is InChI=1S/C7H14O2/c1-3-8-6-9-7(2)4-5-7/h3-6H2,1-2H3. The molecule has 0 aromatic heterocycles. The van der Waals surface area contributed by atoms with Crippen molar-refractivity contribution in [1.29, 1.82) is 0 Å². The van der Waals surface area contributed by atoms with Gasteiger partial charge in [0.2, 0.25) is 0 Å². The Morgan fingerprint density at radius 3 is 2.56 bits per heavy atom. The van der Waals surface area contributed by atoms with Gasteiger partial charge in [-0.1, -0.05) is 0 Å². The molecule has 0 atom stereocenters. The summed E-state index contributed by atoms with van der Waals surface area (Å²) < 4.78 is 10.4. The van der Waals surface area contributed by atoms with Gasteiger partial charge in [0.25, 0.3) is 0 Å². The minimum Gasteiger partial charge on any atom is -0.356 e. The molecule has 0 heterocycles. The minimum atomic E-state index is 0.176. The van der Waals surface area contributed by atoms with Gasteiger partial charge in [0.1, 0.15) is 6.79 Å². The van der Waals surface area contributed by atoms with Crippen molar-refractivity contribution in [3.8, 4) is 0 Å². The zero-order chi connectivity index (χ0) is 6.74. The number of ether oxygens (including phenoxy) is 2. The molecule has 0 aromatic rings. The lowest BCUT2D eigenvalue weighted by molar-refractivity contribution is -0.0913. The van der Waals surface area contributed by atoms with Crippen LogP contribution in [-0.4, -0.2) is 19.0 Å². The van der Waals surface area contributed by atoms with Gasteiger partial charge in [-0.15, -0.1) is 0 Å². The lowest BCUT2D eigenvalue weighted by Crippen LogP contribution is -2.11. The Morgan fingerprint density at radius 1 is 1.44 bits per heavy atom. The average molecular weight is 130 g/mol. The highest BCUT2D eigenvalue weighted by Gasteiger charge is 2.38. The van der Waals surface area contributed by atoms with Crippen molar-refractivity contribution >= 4 is 0 Å². The van der Waals surface area contributed by atoms with Gasteiger partial charge in [-0.05, 0) is 26.7 Å². The Labute approximate surface area is 56.2 Å². The fourth-order valence-corrected chi connectivity index (χ4v) is 0.588. The van der Waals surface area contributed by atoms with Gasteiger partial charge >= 0.3 is 0 Å². The fourth-order valence-electron chi connectivity index (χ4n) is 0.588. The van der Waals surface area contributed by atoms with E-state index in [9.17, 15) is 0 Å². The van der Waals surface area contributed by atoms with Crippen molar-refractivity contribution in [2.24, 2.45) is 0 Å². The molecular weight excluding hydrogens is 116 g/mol. The summed E-state index contributed by atoms with van der Waals surface area (Å²) in [5.41, 5.74) is 0.176. The predicted molar refractivity (Wildman–Crippen MR) is 35.2 cm³/mol. The van der Waals surface area contributed by atoms with Gasteiger partial charge < -0.3 is 9.47 Å². The van der Waals surface area contributed by atoms with Crippen molar-refractivity contribution < 1.29 is 9.47 Å². The van der Waals surface area contributed by atoms with Crippen LogP contribution in [0.3, 0.4) is 0 Å². The van der Waals surface area contributed by atoms with Crippen molar-refractivity contribution in [2.75, 3.05) is 13.4 Å². The highest BCUT2D eigenvalue weighted by atomic mass is 16.7. The zero-order valence-electron chi connectivity index (χ0n) is 6.14. The number of hydrogen-bond donors (Lipinski definition) is 0. The van der Waals surface area contributed by atoms with Crippen molar-refractivity contribution in [3.63, 3.8) is 0 Å². The molecular formula is C7H14O2. The van der Waals surface area contributed by atoms with Gasteiger partial charge in [-0.3, -0.25) is 0 Å². The van der Waals surface area contributed by atoms with Crippen molar-refractivity contribution in [3.05, 3.63) is 0 Å². The second-order valence-electron chi connectivity index (χ2n) is 2.70. The lowest BCUT2D eigenvalue weighted by Gasteiger charge is -2.08. The Hall–Kier alpha value is -0.0800. The molecule has 0 radical (unpaired) electrons. The fraction of sp³-hybridized carbons (Fsp3) is 1.00. The van der Waals surface area contributed by atoms with Crippen LogP contribution >= 0.6 is 0 Å². The van der Waals surface area contributed by atoms with E-state index in [-0.39, 0.29) is 5.60 Å². The van der Waals surface area contributed by atoms with Crippen LogP contribution < -0.4 is 0 Å². The third kappa shape index (κ3) is 2.33. The van der Waals surface area contributed by atoms with Gasteiger partial charge in [0.05, 0.1) is 5.60 Å². The number of rotatable bonds is 4. The summed E-state index contributed by atoms with van der Waals surface area (Å²) in [6.07, 6.45) is 2.39. The molecule has 2 heteroatoms. The van der Waals surface area contributed by atoms with Gasteiger partial charge in [-0.2, -0.15) is 0 Å². The first-order chi connectivity index (χ1) is 4.27. The van der Waals surface area contributed by atoms with Crippen LogP contribution in [0.4, 0.5) is 0 Å². The Morgan fingerprint density at radius 2 is 2.11 bits per heavy atom. The van der Waals surface area contributed by atoms with E-state index in [2.05, 4.69) is 6.92 Å². The van der Waals surface area contributed by atoms with Crippen LogP contribution in [0.5, 0.6) is 0 Å². The van der Waals surface area contributed by atoms with E-state index in [1.54, 1.807) is 0 Å². The van der Waals surface area contributed by atoms with Crippen LogP contribution in [0.15, 0.2) is 0 Å². The second-order valence-corrected chi connectivity index (χ2v) is 2.70. The zero-order valence-corrected chi connectivity index (χ0v) is 6.14. The highest BCUT2D eigenvalue weighted by Crippen LogP contribution is 2.38. The van der Waals surface area contributed by atoms with Crippen molar-refractivity contribution in [2.45, 2.75) is 32.3 Å². The topological polar surface area (TPSA) is 18.5 Å². The quantitative estimate of drug-likeness (QED) is 0.424. The summed E-state index contributed by atoms with van der Waals surface area (Å²) in [5, 5.41) is 0. The first-order valence-corrected chi connectivity index (χ1v) is 3.48. The third-order valence-corrected chi connectivity index (χ3v) is 1.65. The Bertz CT molecular complexity index is 86.9. The molecule has 1 saturated carbocycles. The van der Waals surface area contributed by atoms with Crippen molar-refractivity contribution in [1.82, 2.24) is 0 Å². The van der Waals surface area contributed by atoms with E-state index in [4.69, 9.17) is 9.47 Å². The average Bonchev–Trinajstić information content (AvgIpc) is 2.50. The molecule has 2 nitrogen and oxygen atoms in total. The molecule has 0 spiro atoms. The Balaban J connectivity index is 1.92. The maximum Gasteiger partial charge on any atom is 0.147 e. The van der Waals surface area contributed by atoms with Crippen LogP contribution in [0.2, 0.25) is 0 Å². The summed E-state index contributed by atoms with van der Waals surface area (Å²) in [4.78, 5) is 0. The molecule has 9 heavy (non-hydrogen) atoms. The third-order valence-electron chi connectivity index (χ3n) is 1.65. The highest BCUT2D eigenvalue weighted by molar-refractivity contribution is 4.90. The summed E-state index contributed by atoms with van der Waals surface area (Å²) in [6.45, 7) is 5.30. The monoisotopic (exact) mass is 130 g/mol. The van der Waals surface area contributed by atoms with Gasteiger partial charge in [-0.25, -0.2) is 0 Å². The summed E-state index contributed by atoms with van der Waals surface area (Å²) in [7, 11) is 0. The SMILES string of the molecule is CCOCOC1(C)CC1. The molecule has 54 valence electrons. The normalized spacial score (nSPS) is 22.0. The van der Waals surface area contributed by atoms with E-state index >= 15 is 0 Å². The van der Waals surface area contributed by atoms with E-state index < -0.39 is 0 Å². The molecule has 0 saturated heterocycles. The van der Waals surface area contributed by atoms with E-state index in [1.807, 2.05) is 6.92 Å². The molecule has 0 unspecified atom stereocenters. The molecule has 0 amide bonds. The summed E-state index contributed by atoms with van der Waals surface area (Å²) in [6, 6.07) is 0. The maximum absolute atomic E-state index is 5.36. The summed E-state index contributed by atoms with van der Waals surface area (Å²) >= 11 is 0. The largest absolute Gasteiger partial charge is 0.356 e. The molecule has 0 aromatic carbocycles. The molecule has 1 fully saturated rings. The molecule has 0 aliphatic heterocycles. The van der Waals surface area contributed by atoms with Crippen LogP contribution in [-0.2, 0) is 9.47 Å². The Kier molecular flexibility index (Phi) is 2.09. The van der Waals surface area contributed by atoms with E-state index in [0.29, 0.717) is 6.79 Å². The van der Waals surface area contributed by atoms with E-state index in [0.717, 1.165) is 6.61 Å². The van der Waals surface area contributed by atoms with Gasteiger partial charge in [0, 0.05) is 6.61 Å². The van der Waals surface area contributed by atoms with Crippen LogP contribution in [0.25, 0.3) is 0 Å².